The molecular weight excluding hydrogens is 316 g/mol. The van der Waals surface area contributed by atoms with E-state index >= 15 is 0 Å². The van der Waals surface area contributed by atoms with Gasteiger partial charge in [0.2, 0.25) is 11.6 Å². The Morgan fingerprint density at radius 1 is 0.800 bits per heavy atom. The summed E-state index contributed by atoms with van der Waals surface area (Å²) in [6.45, 7) is 0. The minimum absolute atomic E-state index is 0.219. The third kappa shape index (κ3) is 2.08. The van der Waals surface area contributed by atoms with Crippen LogP contribution >= 0.6 is 0 Å². The average Bonchev–Trinajstić information content (AvgIpc) is 2.90. The van der Waals surface area contributed by atoms with Crippen molar-refractivity contribution in [3.63, 3.8) is 0 Å². The second kappa shape index (κ2) is 5.30. The summed E-state index contributed by atoms with van der Waals surface area (Å²) in [4.78, 5) is 24.1. The van der Waals surface area contributed by atoms with Crippen LogP contribution < -0.4 is 4.74 Å². The van der Waals surface area contributed by atoms with Crippen LogP contribution in [0.5, 0.6) is 11.5 Å². The average molecular weight is 324 g/mol. The molecule has 116 valence electrons. The van der Waals surface area contributed by atoms with Gasteiger partial charge in [0.25, 0.3) is 0 Å². The molecule has 3 aromatic rings. The van der Waals surface area contributed by atoms with E-state index in [0.717, 1.165) is 0 Å². The number of ether oxygens (including phenoxy) is 1. The number of rotatable bonds is 2. The predicted molar refractivity (Wildman–Crippen MR) is 88.6 cm³/mol. The molecule has 0 atom stereocenters. The molecule has 0 N–H and O–H groups in total. The van der Waals surface area contributed by atoms with Crippen molar-refractivity contribution in [3.05, 3.63) is 70.8 Å². The van der Waals surface area contributed by atoms with Crippen molar-refractivity contribution in [2.24, 2.45) is 0 Å². The van der Waals surface area contributed by atoms with E-state index in [1.54, 1.807) is 36.4 Å². The number of ketones is 2. The van der Waals surface area contributed by atoms with Crippen molar-refractivity contribution in [1.29, 1.82) is 10.5 Å². The molecular formula is C20H8N2O3. The molecule has 0 bridgehead atoms. The highest BCUT2D eigenvalue weighted by atomic mass is 16.5. The first-order valence-corrected chi connectivity index (χ1v) is 7.41. The quantitative estimate of drug-likeness (QED) is 0.669. The Morgan fingerprint density at radius 2 is 1.52 bits per heavy atom. The molecule has 0 aromatic heterocycles. The number of carbonyl (C=O) groups excluding carboxylic acids is 2. The van der Waals surface area contributed by atoms with Gasteiger partial charge in [-0.05, 0) is 30.3 Å². The second-order valence-electron chi connectivity index (χ2n) is 5.53. The summed E-state index contributed by atoms with van der Waals surface area (Å²) in [5, 5.41) is 19.3. The summed E-state index contributed by atoms with van der Waals surface area (Å²) < 4.78 is 5.86. The Kier molecular flexibility index (Phi) is 3.10. The lowest BCUT2D eigenvalue weighted by molar-refractivity contribution is 0.0825. The number of nitrogens with zero attached hydrogens (tertiary/aromatic N) is 2. The summed E-state index contributed by atoms with van der Waals surface area (Å²) in [5.74, 6) is -0.158. The van der Waals surface area contributed by atoms with Gasteiger partial charge in [0.05, 0.1) is 11.1 Å². The standard InChI is InChI=1S/C20H8N2O3/c21-9-11-4-5-13(8-12(11)10-22)25-17-7-6-16-18-14(17)2-1-3-15(18)19(23)20(16)24/h1-8H. The van der Waals surface area contributed by atoms with Crippen molar-refractivity contribution in [2.45, 2.75) is 0 Å². The minimum Gasteiger partial charge on any atom is -0.457 e. The molecule has 0 spiro atoms. The molecule has 0 heterocycles. The lowest BCUT2D eigenvalue weighted by Crippen LogP contribution is -2.05. The maximum atomic E-state index is 12.0. The second-order valence-corrected chi connectivity index (χ2v) is 5.53. The molecule has 3 aromatic carbocycles. The van der Waals surface area contributed by atoms with Gasteiger partial charge in [-0.15, -0.1) is 0 Å². The Morgan fingerprint density at radius 3 is 2.24 bits per heavy atom. The molecule has 4 rings (SSSR count). The molecule has 0 aliphatic heterocycles. The van der Waals surface area contributed by atoms with Crippen LogP contribution in [0, 0.1) is 22.7 Å². The zero-order chi connectivity index (χ0) is 17.6. The fourth-order valence-electron chi connectivity index (χ4n) is 3.00. The third-order valence-corrected chi connectivity index (χ3v) is 4.16. The van der Waals surface area contributed by atoms with Crippen LogP contribution in [0.15, 0.2) is 48.5 Å². The fraction of sp³-hybridized carbons (Fsp3) is 0. The molecule has 0 radical (unpaired) electrons. The summed E-state index contributed by atoms with van der Waals surface area (Å²) in [6.07, 6.45) is 0. The van der Waals surface area contributed by atoms with Crippen molar-refractivity contribution < 1.29 is 14.3 Å². The molecule has 5 heteroatoms. The van der Waals surface area contributed by atoms with Crippen LogP contribution in [0.2, 0.25) is 0 Å². The number of nitriles is 2. The molecule has 0 saturated heterocycles. The van der Waals surface area contributed by atoms with Crippen molar-refractivity contribution >= 4 is 22.3 Å². The van der Waals surface area contributed by atoms with Gasteiger partial charge in [-0.2, -0.15) is 10.5 Å². The van der Waals surface area contributed by atoms with E-state index in [0.29, 0.717) is 33.4 Å². The number of carbonyl (C=O) groups is 2. The number of benzene rings is 3. The maximum absolute atomic E-state index is 12.0. The van der Waals surface area contributed by atoms with Gasteiger partial charge >= 0.3 is 0 Å². The molecule has 0 amide bonds. The SMILES string of the molecule is N#Cc1ccc(Oc2ccc3c4c(cccc24)C(=O)C3=O)cc1C#N. The molecule has 0 saturated carbocycles. The van der Waals surface area contributed by atoms with Gasteiger partial charge < -0.3 is 4.74 Å². The Hall–Kier alpha value is -3.96. The predicted octanol–water partition coefficient (Wildman–Crippen LogP) is 3.75. The fourth-order valence-corrected chi connectivity index (χ4v) is 3.00. The highest BCUT2D eigenvalue weighted by molar-refractivity contribution is 6.57. The molecule has 1 aliphatic carbocycles. The summed E-state index contributed by atoms with van der Waals surface area (Å²) in [5.41, 5.74) is 1.24. The Balaban J connectivity index is 1.86. The maximum Gasteiger partial charge on any atom is 0.234 e. The van der Waals surface area contributed by atoms with Crippen LogP contribution in [0.25, 0.3) is 10.8 Å². The van der Waals surface area contributed by atoms with E-state index in [1.807, 2.05) is 12.1 Å². The zero-order valence-electron chi connectivity index (χ0n) is 12.7. The summed E-state index contributed by atoms with van der Waals surface area (Å²) in [6, 6.07) is 16.8. The zero-order valence-corrected chi connectivity index (χ0v) is 12.7. The largest absolute Gasteiger partial charge is 0.457 e. The number of Topliss-reactive ketones (excluding diaryl/α,β-unsaturated/α-hetero) is 2. The van der Waals surface area contributed by atoms with Crippen LogP contribution in [0.3, 0.4) is 0 Å². The van der Waals surface area contributed by atoms with Crippen LogP contribution in [0.4, 0.5) is 0 Å². The highest BCUT2D eigenvalue weighted by Crippen LogP contribution is 2.38. The molecule has 0 unspecified atom stereocenters. The molecule has 5 nitrogen and oxygen atoms in total. The van der Waals surface area contributed by atoms with Crippen molar-refractivity contribution in [2.75, 3.05) is 0 Å². The van der Waals surface area contributed by atoms with E-state index in [1.165, 1.54) is 12.1 Å². The van der Waals surface area contributed by atoms with E-state index < -0.39 is 11.6 Å². The highest BCUT2D eigenvalue weighted by Gasteiger charge is 2.31. The molecule has 25 heavy (non-hydrogen) atoms. The first-order chi connectivity index (χ1) is 12.1. The number of hydrogen-bond donors (Lipinski definition) is 0. The van der Waals surface area contributed by atoms with Gasteiger partial charge in [-0.1, -0.05) is 18.2 Å². The molecule has 0 fully saturated rings. The Bertz CT molecular complexity index is 1160. The smallest absolute Gasteiger partial charge is 0.234 e. The van der Waals surface area contributed by atoms with Gasteiger partial charge in [0.1, 0.15) is 23.6 Å². The van der Waals surface area contributed by atoms with Gasteiger partial charge in [0, 0.05) is 21.9 Å². The van der Waals surface area contributed by atoms with E-state index in [-0.39, 0.29) is 11.1 Å². The van der Waals surface area contributed by atoms with Gasteiger partial charge in [0.15, 0.2) is 0 Å². The van der Waals surface area contributed by atoms with E-state index in [4.69, 9.17) is 15.3 Å². The summed E-state index contributed by atoms with van der Waals surface area (Å²) in [7, 11) is 0. The number of hydrogen-bond acceptors (Lipinski definition) is 5. The Labute approximate surface area is 142 Å². The normalized spacial score (nSPS) is 12.1. The third-order valence-electron chi connectivity index (χ3n) is 4.16. The van der Waals surface area contributed by atoms with E-state index in [9.17, 15) is 9.59 Å². The van der Waals surface area contributed by atoms with Crippen LogP contribution in [-0.2, 0) is 0 Å². The topological polar surface area (TPSA) is 90.9 Å². The molecule has 1 aliphatic rings. The van der Waals surface area contributed by atoms with Crippen molar-refractivity contribution in [3.8, 4) is 23.6 Å². The first-order valence-electron chi connectivity index (χ1n) is 7.41. The van der Waals surface area contributed by atoms with Crippen LogP contribution in [0.1, 0.15) is 31.8 Å². The van der Waals surface area contributed by atoms with Gasteiger partial charge in [-0.3, -0.25) is 9.59 Å². The van der Waals surface area contributed by atoms with Crippen molar-refractivity contribution in [1.82, 2.24) is 0 Å². The summed E-state index contributed by atoms with van der Waals surface area (Å²) >= 11 is 0. The van der Waals surface area contributed by atoms with Gasteiger partial charge in [-0.25, -0.2) is 0 Å². The first kappa shape index (κ1) is 14.6. The van der Waals surface area contributed by atoms with Crippen LogP contribution in [-0.4, -0.2) is 11.6 Å². The lowest BCUT2D eigenvalue weighted by atomic mass is 10.0. The minimum atomic E-state index is -0.511. The monoisotopic (exact) mass is 324 g/mol. The van der Waals surface area contributed by atoms with E-state index in [2.05, 4.69) is 0 Å². The lowest BCUT2D eigenvalue weighted by Gasteiger charge is -2.10.